The topological polar surface area (TPSA) is 117 Å². The molecule has 1 fully saturated rings. The van der Waals surface area contributed by atoms with Gasteiger partial charge in [-0.05, 0) is 62.7 Å². The molecule has 2 aliphatic rings. The molecule has 0 aliphatic carbocycles. The summed E-state index contributed by atoms with van der Waals surface area (Å²) in [6, 6.07) is 4.97. The van der Waals surface area contributed by atoms with E-state index < -0.39 is 13.0 Å². The number of allylic oxidation sites excluding steroid dienone is 1. The Morgan fingerprint density at radius 2 is 2.17 bits per heavy atom. The van der Waals surface area contributed by atoms with Crippen LogP contribution in [0.1, 0.15) is 41.6 Å². The number of nitrogens with one attached hydrogen (secondary N) is 1. The standard InChI is InChI=1S/C20H29BN4O4/c1-14(5-6-15-7-10-25(11-8-15)12-9-22)23-18-13-16-3-2-4-17(20(26)27)19(16)29-21(18)24-28/h2-4,15,18,23H,1,5-13,22H2,(H,26,27). The molecule has 0 spiro atoms. The minimum absolute atomic E-state index is 0.0504. The van der Waals surface area contributed by atoms with Gasteiger partial charge in [-0.25, -0.2) is 4.79 Å². The fourth-order valence-electron chi connectivity index (χ4n) is 4.21. The number of aromatic carboxylic acids is 1. The van der Waals surface area contributed by atoms with Crippen molar-refractivity contribution in [2.24, 2.45) is 16.7 Å². The van der Waals surface area contributed by atoms with E-state index in [-0.39, 0.29) is 17.3 Å². The Kier molecular flexibility index (Phi) is 7.27. The Morgan fingerprint density at radius 3 is 2.83 bits per heavy atom. The maximum atomic E-state index is 11.4. The molecule has 29 heavy (non-hydrogen) atoms. The van der Waals surface area contributed by atoms with Crippen molar-refractivity contribution in [2.45, 2.75) is 38.0 Å². The highest BCUT2D eigenvalue weighted by molar-refractivity contribution is 6.53. The lowest BCUT2D eigenvalue weighted by atomic mass is 9.68. The van der Waals surface area contributed by atoms with E-state index in [4.69, 9.17) is 10.4 Å². The molecule has 4 N–H and O–H groups in total. The zero-order chi connectivity index (χ0) is 20.8. The summed E-state index contributed by atoms with van der Waals surface area (Å²) in [5.41, 5.74) is 7.28. The van der Waals surface area contributed by atoms with Crippen molar-refractivity contribution in [3.63, 3.8) is 0 Å². The highest BCUT2D eigenvalue weighted by atomic mass is 16.5. The molecule has 1 aromatic rings. The molecule has 0 amide bonds. The average Bonchev–Trinajstić information content (AvgIpc) is 2.72. The second-order valence-electron chi connectivity index (χ2n) is 7.88. The SMILES string of the molecule is C=C(CCC1CCN(CCN)CC1)NC1Cc2cccc(C(=O)O)c2OB1N=O. The van der Waals surface area contributed by atoms with Crippen LogP contribution in [0.4, 0.5) is 0 Å². The number of carboxylic acid groups (broad SMARTS) is 1. The van der Waals surface area contributed by atoms with Gasteiger partial charge in [0.25, 0.3) is 0 Å². The Morgan fingerprint density at radius 1 is 1.41 bits per heavy atom. The first kappa shape index (κ1) is 21.3. The van der Waals surface area contributed by atoms with Gasteiger partial charge in [0.15, 0.2) is 0 Å². The number of carboxylic acids is 1. The number of nitrogens with two attached hydrogens (primary N) is 1. The van der Waals surface area contributed by atoms with Gasteiger partial charge in [-0.3, -0.25) is 0 Å². The molecular weight excluding hydrogens is 371 g/mol. The third-order valence-electron chi connectivity index (χ3n) is 5.85. The summed E-state index contributed by atoms with van der Waals surface area (Å²) in [5, 5.41) is 15.7. The van der Waals surface area contributed by atoms with Crippen molar-refractivity contribution in [3.05, 3.63) is 46.5 Å². The quantitative estimate of drug-likeness (QED) is 0.429. The van der Waals surface area contributed by atoms with Crippen LogP contribution < -0.4 is 15.7 Å². The maximum absolute atomic E-state index is 11.4. The fourth-order valence-corrected chi connectivity index (χ4v) is 4.21. The zero-order valence-corrected chi connectivity index (χ0v) is 16.7. The monoisotopic (exact) mass is 400 g/mol. The molecule has 0 aromatic heterocycles. The molecule has 0 bridgehead atoms. The maximum Gasteiger partial charge on any atom is 0.570 e. The molecule has 3 rings (SSSR count). The number of nitroso groups, excluding NO2 is 1. The molecule has 2 aliphatic heterocycles. The van der Waals surface area contributed by atoms with Gasteiger partial charge in [-0.1, -0.05) is 23.8 Å². The van der Waals surface area contributed by atoms with Gasteiger partial charge in [-0.15, -0.1) is 0 Å². The van der Waals surface area contributed by atoms with Crippen LogP contribution in [-0.2, 0) is 6.42 Å². The van der Waals surface area contributed by atoms with Crippen LogP contribution in [0.5, 0.6) is 5.75 Å². The van der Waals surface area contributed by atoms with E-state index in [0.717, 1.165) is 43.7 Å². The molecule has 1 atom stereocenters. The number of rotatable bonds is 9. The molecule has 1 aromatic carbocycles. The van der Waals surface area contributed by atoms with Gasteiger partial charge in [0.2, 0.25) is 0 Å². The highest BCUT2D eigenvalue weighted by Gasteiger charge is 2.39. The van der Waals surface area contributed by atoms with E-state index in [9.17, 15) is 14.8 Å². The summed E-state index contributed by atoms with van der Waals surface area (Å²) >= 11 is 0. The van der Waals surface area contributed by atoms with Crippen molar-refractivity contribution in [2.75, 3.05) is 26.2 Å². The lowest BCUT2D eigenvalue weighted by Gasteiger charge is -2.32. The van der Waals surface area contributed by atoms with Crippen LogP contribution in [-0.4, -0.2) is 55.1 Å². The summed E-state index contributed by atoms with van der Waals surface area (Å²) in [6.45, 7) is 7.98. The number of likely N-dealkylation sites (tertiary alicyclic amines) is 1. The average molecular weight is 400 g/mol. The summed E-state index contributed by atoms with van der Waals surface area (Å²) in [7, 11) is -0.987. The van der Waals surface area contributed by atoms with Gasteiger partial charge < -0.3 is 25.7 Å². The highest BCUT2D eigenvalue weighted by Crippen LogP contribution is 2.31. The number of benzene rings is 1. The Balaban J connectivity index is 1.53. The van der Waals surface area contributed by atoms with Crippen LogP contribution in [0.15, 0.2) is 35.6 Å². The fraction of sp³-hybridized carbons (Fsp3) is 0.550. The second-order valence-corrected chi connectivity index (χ2v) is 7.88. The Bertz CT molecular complexity index is 752. The lowest BCUT2D eigenvalue weighted by molar-refractivity contribution is 0.0694. The molecule has 2 heterocycles. The van der Waals surface area contributed by atoms with Crippen LogP contribution in [0.3, 0.4) is 0 Å². The summed E-state index contributed by atoms with van der Waals surface area (Å²) in [4.78, 5) is 25.1. The predicted molar refractivity (Wildman–Crippen MR) is 113 cm³/mol. The molecule has 1 saturated heterocycles. The van der Waals surface area contributed by atoms with Gasteiger partial charge in [0.05, 0.1) is 11.5 Å². The molecule has 156 valence electrons. The number of hydrogen-bond acceptors (Lipinski definition) is 7. The van der Waals surface area contributed by atoms with Gasteiger partial charge in [-0.2, -0.15) is 4.91 Å². The van der Waals surface area contributed by atoms with Gasteiger partial charge in [0.1, 0.15) is 5.75 Å². The second kappa shape index (κ2) is 9.89. The van der Waals surface area contributed by atoms with Crippen LogP contribution in [0, 0.1) is 10.8 Å². The van der Waals surface area contributed by atoms with Crippen LogP contribution in [0.2, 0.25) is 0 Å². The minimum Gasteiger partial charge on any atom is -0.536 e. The van der Waals surface area contributed by atoms with Crippen LogP contribution >= 0.6 is 0 Å². The predicted octanol–water partition coefficient (Wildman–Crippen LogP) is 2.04. The summed E-state index contributed by atoms with van der Waals surface area (Å²) in [5.74, 6) is -0.538. The van der Waals surface area contributed by atoms with Crippen LogP contribution in [0.25, 0.3) is 0 Å². The minimum atomic E-state index is -1.08. The zero-order valence-electron chi connectivity index (χ0n) is 16.7. The van der Waals surface area contributed by atoms with Gasteiger partial charge in [0, 0.05) is 18.8 Å². The molecule has 9 heteroatoms. The number of carbonyl (C=O) groups is 1. The normalized spacial score (nSPS) is 19.9. The number of para-hydroxylation sites is 1. The largest absolute Gasteiger partial charge is 0.570 e. The van der Waals surface area contributed by atoms with E-state index in [1.807, 2.05) is 6.07 Å². The summed E-state index contributed by atoms with van der Waals surface area (Å²) in [6.07, 6.45) is 4.68. The van der Waals surface area contributed by atoms with E-state index in [1.54, 1.807) is 6.07 Å². The third-order valence-corrected chi connectivity index (χ3v) is 5.85. The first-order chi connectivity index (χ1) is 14.0. The molecule has 8 nitrogen and oxygen atoms in total. The Hall–Kier alpha value is -2.39. The van der Waals surface area contributed by atoms with Gasteiger partial charge >= 0.3 is 13.0 Å². The molecule has 0 radical (unpaired) electrons. The third kappa shape index (κ3) is 5.36. The lowest BCUT2D eigenvalue weighted by Crippen LogP contribution is -2.49. The first-order valence-electron chi connectivity index (χ1n) is 10.2. The van der Waals surface area contributed by atoms with E-state index in [2.05, 4.69) is 21.9 Å². The van der Waals surface area contributed by atoms with E-state index in [0.29, 0.717) is 18.9 Å². The van der Waals surface area contributed by atoms with Crippen molar-refractivity contribution >= 4 is 13.0 Å². The number of fused-ring (bicyclic) bond motifs is 1. The van der Waals surface area contributed by atoms with Crippen molar-refractivity contribution in [1.29, 1.82) is 0 Å². The van der Waals surface area contributed by atoms with E-state index in [1.165, 1.54) is 18.9 Å². The van der Waals surface area contributed by atoms with E-state index >= 15 is 0 Å². The molecular formula is C20H29BN4O4. The smallest absolute Gasteiger partial charge is 0.536 e. The first-order valence-corrected chi connectivity index (χ1v) is 10.2. The van der Waals surface area contributed by atoms with Crippen molar-refractivity contribution < 1.29 is 14.6 Å². The summed E-state index contributed by atoms with van der Waals surface area (Å²) < 4.78 is 5.64. The molecule has 0 saturated carbocycles. The van der Waals surface area contributed by atoms with Crippen molar-refractivity contribution in [1.82, 2.24) is 10.2 Å². The van der Waals surface area contributed by atoms with Crippen molar-refractivity contribution in [3.8, 4) is 5.75 Å². The number of nitrogens with zero attached hydrogens (tertiary/aromatic N) is 2. The Labute approximate surface area is 171 Å². The number of piperidine rings is 1. The molecule has 1 unspecified atom stereocenters. The number of hydrogen-bond donors (Lipinski definition) is 3.